The normalized spacial score (nSPS) is 15.4. The Bertz CT molecular complexity index is 1140. The van der Waals surface area contributed by atoms with E-state index in [1.807, 2.05) is 29.1 Å². The molecule has 1 unspecified atom stereocenters. The number of rotatable bonds is 6. The van der Waals surface area contributed by atoms with Gasteiger partial charge in [-0.1, -0.05) is 0 Å². The summed E-state index contributed by atoms with van der Waals surface area (Å²) in [6.45, 7) is 2.03. The van der Waals surface area contributed by atoms with Gasteiger partial charge in [0.25, 0.3) is 5.56 Å². The van der Waals surface area contributed by atoms with Gasteiger partial charge < -0.3 is 9.40 Å². The summed E-state index contributed by atoms with van der Waals surface area (Å²) in [5, 5.41) is 14.5. The van der Waals surface area contributed by atoms with Crippen molar-refractivity contribution in [3.05, 3.63) is 45.8 Å². The summed E-state index contributed by atoms with van der Waals surface area (Å²) in [6, 6.07) is 4.10. The highest BCUT2D eigenvalue weighted by molar-refractivity contribution is 7.98. The zero-order chi connectivity index (χ0) is 18.4. The van der Waals surface area contributed by atoms with Crippen molar-refractivity contribution in [3.63, 3.8) is 0 Å². The number of aromatic amines is 1. The molecule has 4 heterocycles. The zero-order valence-electron chi connectivity index (χ0n) is 14.5. The van der Waals surface area contributed by atoms with Gasteiger partial charge in [-0.3, -0.25) is 4.79 Å². The minimum absolute atomic E-state index is 0.0145. The molecule has 10 heteroatoms. The van der Waals surface area contributed by atoms with Crippen LogP contribution in [0.25, 0.3) is 21.5 Å². The van der Waals surface area contributed by atoms with Crippen LogP contribution in [-0.4, -0.2) is 30.2 Å². The SMILES string of the molecule is CC(SCc1nnnn1C1CC1)c1nc2scc(-c3ccco3)c2c(=O)[nH]1. The molecule has 1 N–H and O–H groups in total. The van der Waals surface area contributed by atoms with E-state index in [2.05, 4.69) is 25.5 Å². The van der Waals surface area contributed by atoms with E-state index in [0.29, 0.717) is 28.8 Å². The van der Waals surface area contributed by atoms with Crippen molar-refractivity contribution < 1.29 is 4.42 Å². The standard InChI is InChI=1S/C17H16N6O2S2/c1-9(26-8-13-20-21-22-23(13)10-4-5-10)15-18-16(24)14-11(7-27-17(14)19-15)12-3-2-6-25-12/h2-3,6-7,9-10H,4-5,8H2,1H3,(H,18,19,24). The lowest BCUT2D eigenvalue weighted by molar-refractivity contribution is 0.583. The Hall–Kier alpha value is -2.46. The summed E-state index contributed by atoms with van der Waals surface area (Å²) in [5.74, 6) is 2.88. The maximum absolute atomic E-state index is 12.7. The Balaban J connectivity index is 1.39. The van der Waals surface area contributed by atoms with Crippen molar-refractivity contribution in [2.45, 2.75) is 36.8 Å². The van der Waals surface area contributed by atoms with Gasteiger partial charge in [-0.05, 0) is 42.3 Å². The monoisotopic (exact) mass is 400 g/mol. The van der Waals surface area contributed by atoms with E-state index in [4.69, 9.17) is 4.42 Å². The molecule has 1 aliphatic carbocycles. The molecule has 0 saturated heterocycles. The molecule has 1 aliphatic rings. The first-order valence-electron chi connectivity index (χ1n) is 8.64. The molecular formula is C17H16N6O2S2. The molecule has 0 radical (unpaired) electrons. The van der Waals surface area contributed by atoms with Gasteiger partial charge in [-0.15, -0.1) is 28.2 Å². The Kier molecular flexibility index (Phi) is 4.09. The molecule has 1 fully saturated rings. The van der Waals surface area contributed by atoms with Gasteiger partial charge in [0.1, 0.15) is 16.4 Å². The molecule has 1 atom stereocenters. The Morgan fingerprint density at radius 2 is 2.37 bits per heavy atom. The van der Waals surface area contributed by atoms with Crippen LogP contribution in [0.15, 0.2) is 33.0 Å². The molecule has 0 spiro atoms. The minimum Gasteiger partial charge on any atom is -0.464 e. The second-order valence-electron chi connectivity index (χ2n) is 6.48. The summed E-state index contributed by atoms with van der Waals surface area (Å²) in [6.07, 6.45) is 3.88. The van der Waals surface area contributed by atoms with E-state index in [-0.39, 0.29) is 10.8 Å². The lowest BCUT2D eigenvalue weighted by atomic mass is 10.2. The topological polar surface area (TPSA) is 102 Å². The van der Waals surface area contributed by atoms with Crippen LogP contribution in [-0.2, 0) is 5.75 Å². The largest absolute Gasteiger partial charge is 0.464 e. The number of thiophene rings is 1. The highest BCUT2D eigenvalue weighted by Gasteiger charge is 2.28. The van der Waals surface area contributed by atoms with Gasteiger partial charge in [0, 0.05) is 10.9 Å². The maximum Gasteiger partial charge on any atom is 0.260 e. The van der Waals surface area contributed by atoms with Crippen LogP contribution in [0, 0.1) is 0 Å². The quantitative estimate of drug-likeness (QED) is 0.528. The van der Waals surface area contributed by atoms with Crippen LogP contribution in [0.3, 0.4) is 0 Å². The fraction of sp³-hybridized carbons (Fsp3) is 0.353. The van der Waals surface area contributed by atoms with Gasteiger partial charge in [0.15, 0.2) is 5.82 Å². The van der Waals surface area contributed by atoms with E-state index >= 15 is 0 Å². The van der Waals surface area contributed by atoms with Crippen molar-refractivity contribution in [3.8, 4) is 11.3 Å². The van der Waals surface area contributed by atoms with E-state index in [1.54, 1.807) is 18.0 Å². The molecule has 4 aromatic heterocycles. The number of H-pyrrole nitrogens is 1. The van der Waals surface area contributed by atoms with Gasteiger partial charge in [-0.25, -0.2) is 9.67 Å². The molecule has 0 amide bonds. The summed E-state index contributed by atoms with van der Waals surface area (Å²) in [7, 11) is 0. The Morgan fingerprint density at radius 3 is 3.15 bits per heavy atom. The number of furan rings is 1. The lowest BCUT2D eigenvalue weighted by Crippen LogP contribution is -2.12. The van der Waals surface area contributed by atoms with Crippen molar-refractivity contribution >= 4 is 33.3 Å². The minimum atomic E-state index is -0.141. The van der Waals surface area contributed by atoms with E-state index < -0.39 is 0 Å². The third kappa shape index (κ3) is 3.08. The number of hydrogen-bond acceptors (Lipinski definition) is 8. The first-order chi connectivity index (χ1) is 13.2. The lowest BCUT2D eigenvalue weighted by Gasteiger charge is -2.10. The van der Waals surface area contributed by atoms with Crippen molar-refractivity contribution in [1.82, 2.24) is 30.2 Å². The summed E-state index contributed by atoms with van der Waals surface area (Å²) < 4.78 is 7.35. The summed E-state index contributed by atoms with van der Waals surface area (Å²) in [4.78, 5) is 21.0. The van der Waals surface area contributed by atoms with Crippen LogP contribution < -0.4 is 5.56 Å². The fourth-order valence-electron chi connectivity index (χ4n) is 2.96. The molecule has 0 aliphatic heterocycles. The average molecular weight is 400 g/mol. The number of aromatic nitrogens is 6. The molecule has 1 saturated carbocycles. The molecule has 5 rings (SSSR count). The van der Waals surface area contributed by atoms with E-state index in [0.717, 1.165) is 29.1 Å². The zero-order valence-corrected chi connectivity index (χ0v) is 16.1. The molecule has 0 bridgehead atoms. The average Bonchev–Trinajstić information content (AvgIpc) is 3.07. The fourth-order valence-corrected chi connectivity index (χ4v) is 4.75. The number of hydrogen-bond donors (Lipinski definition) is 1. The number of tetrazole rings is 1. The molecule has 4 aromatic rings. The van der Waals surface area contributed by atoms with Gasteiger partial charge in [0.05, 0.1) is 28.7 Å². The van der Waals surface area contributed by atoms with E-state index in [9.17, 15) is 4.79 Å². The predicted molar refractivity (Wildman–Crippen MR) is 104 cm³/mol. The van der Waals surface area contributed by atoms with Crippen molar-refractivity contribution in [1.29, 1.82) is 0 Å². The Labute approximate surface area is 162 Å². The van der Waals surface area contributed by atoms with Crippen molar-refractivity contribution in [2.75, 3.05) is 0 Å². The van der Waals surface area contributed by atoms with Crippen LogP contribution in [0.2, 0.25) is 0 Å². The number of fused-ring (bicyclic) bond motifs is 1. The number of nitrogens with one attached hydrogen (secondary N) is 1. The van der Waals surface area contributed by atoms with Crippen LogP contribution in [0.4, 0.5) is 0 Å². The molecule has 8 nitrogen and oxygen atoms in total. The van der Waals surface area contributed by atoms with Gasteiger partial charge in [0.2, 0.25) is 0 Å². The third-order valence-electron chi connectivity index (χ3n) is 4.55. The summed E-state index contributed by atoms with van der Waals surface area (Å²) >= 11 is 3.11. The van der Waals surface area contributed by atoms with Crippen LogP contribution in [0.5, 0.6) is 0 Å². The highest BCUT2D eigenvalue weighted by Crippen LogP contribution is 2.37. The van der Waals surface area contributed by atoms with Gasteiger partial charge in [-0.2, -0.15) is 0 Å². The molecule has 0 aromatic carbocycles. The van der Waals surface area contributed by atoms with Crippen molar-refractivity contribution in [2.24, 2.45) is 0 Å². The maximum atomic E-state index is 12.7. The number of nitrogens with zero attached hydrogens (tertiary/aromatic N) is 5. The predicted octanol–water partition coefficient (Wildman–Crippen LogP) is 3.56. The van der Waals surface area contributed by atoms with Crippen LogP contribution >= 0.6 is 23.1 Å². The first-order valence-corrected chi connectivity index (χ1v) is 10.6. The van der Waals surface area contributed by atoms with E-state index in [1.165, 1.54) is 11.3 Å². The third-order valence-corrected chi connectivity index (χ3v) is 6.57. The second-order valence-corrected chi connectivity index (χ2v) is 8.67. The number of thioether (sulfide) groups is 1. The second kappa shape index (κ2) is 6.61. The first kappa shape index (κ1) is 16.7. The molecular weight excluding hydrogens is 384 g/mol. The van der Waals surface area contributed by atoms with Crippen LogP contribution in [0.1, 0.15) is 42.7 Å². The smallest absolute Gasteiger partial charge is 0.260 e. The van der Waals surface area contributed by atoms with Gasteiger partial charge >= 0.3 is 0 Å². The Morgan fingerprint density at radius 1 is 1.48 bits per heavy atom. The molecule has 27 heavy (non-hydrogen) atoms. The summed E-state index contributed by atoms with van der Waals surface area (Å²) in [5.41, 5.74) is 0.641. The highest BCUT2D eigenvalue weighted by atomic mass is 32.2. The molecule has 138 valence electrons.